The number of amides is 1. The van der Waals surface area contributed by atoms with Crippen LogP contribution in [-0.4, -0.2) is 85.3 Å². The molecule has 2 aliphatic heterocycles. The molecule has 2 aliphatic rings. The molecule has 0 radical (unpaired) electrons. The van der Waals surface area contributed by atoms with Crippen molar-refractivity contribution in [3.05, 3.63) is 0 Å². The minimum Gasteiger partial charge on any atom is -0.388 e. The average molecular weight is 343 g/mol. The van der Waals surface area contributed by atoms with Gasteiger partial charge in [-0.1, -0.05) is 0 Å². The monoisotopic (exact) mass is 343 g/mol. The fraction of sp³-hybridized carbons (Fsp3) is 0.867. The number of hydrogen-bond acceptors (Lipinski definition) is 6. The molecule has 7 nitrogen and oxygen atoms in total. The van der Waals surface area contributed by atoms with Crippen LogP contribution >= 0.6 is 11.8 Å². The van der Waals surface area contributed by atoms with Gasteiger partial charge in [-0.3, -0.25) is 15.0 Å². The second-order valence-corrected chi connectivity index (χ2v) is 7.44. The van der Waals surface area contributed by atoms with Crippen LogP contribution in [0.25, 0.3) is 0 Å². The van der Waals surface area contributed by atoms with Crippen molar-refractivity contribution in [1.82, 2.24) is 15.1 Å². The van der Waals surface area contributed by atoms with E-state index in [1.165, 1.54) is 0 Å². The van der Waals surface area contributed by atoms with Gasteiger partial charge in [-0.25, -0.2) is 4.99 Å². The summed E-state index contributed by atoms with van der Waals surface area (Å²) >= 11 is 1.86. The zero-order valence-electron chi connectivity index (χ0n) is 14.3. The molecule has 3 N–H and O–H groups in total. The van der Waals surface area contributed by atoms with Crippen molar-refractivity contribution >= 4 is 23.5 Å². The van der Waals surface area contributed by atoms with Crippen molar-refractivity contribution in [2.45, 2.75) is 37.1 Å². The predicted molar refractivity (Wildman–Crippen MR) is 94.6 cm³/mol. The van der Waals surface area contributed by atoms with Gasteiger partial charge in [0, 0.05) is 30.9 Å². The van der Waals surface area contributed by atoms with Gasteiger partial charge >= 0.3 is 0 Å². The molecule has 2 fully saturated rings. The van der Waals surface area contributed by atoms with Crippen LogP contribution < -0.4 is 11.1 Å². The number of carbonyl (C=O) groups excluding carboxylic acids is 1. The maximum absolute atomic E-state index is 12.7. The normalized spacial score (nSPS) is 29.4. The number of hydrogen-bond donors (Lipinski definition) is 2. The summed E-state index contributed by atoms with van der Waals surface area (Å²) in [4.78, 5) is 20.9. The standard InChI is InChI=1S/C15H29N5O2S/c1-11(16)17-9-22-10-18-12-4-5-20(7-12)15(21)14-6-13(23-3)8-19(14)2/h12-14,18H,4-10H2,1-3H3,(H2,16,17)/t12-,13-,14-/m0/s1. The fourth-order valence-corrected chi connectivity index (χ4v) is 3.88. The number of likely N-dealkylation sites (tertiary alicyclic amines) is 2. The van der Waals surface area contributed by atoms with E-state index in [1.807, 2.05) is 16.7 Å². The summed E-state index contributed by atoms with van der Waals surface area (Å²) in [5.74, 6) is 0.796. The quantitative estimate of drug-likeness (QED) is 0.291. The predicted octanol–water partition coefficient (Wildman–Crippen LogP) is -0.0787. The van der Waals surface area contributed by atoms with E-state index in [-0.39, 0.29) is 18.7 Å². The Hall–Kier alpha value is -0.830. The van der Waals surface area contributed by atoms with E-state index < -0.39 is 0 Å². The molecule has 0 spiro atoms. The molecule has 0 saturated carbocycles. The minimum atomic E-state index is 0.0457. The molecular weight excluding hydrogens is 314 g/mol. The third kappa shape index (κ3) is 5.34. The van der Waals surface area contributed by atoms with Crippen molar-refractivity contribution < 1.29 is 9.53 Å². The van der Waals surface area contributed by atoms with E-state index in [2.05, 4.69) is 28.5 Å². The highest BCUT2D eigenvalue weighted by Crippen LogP contribution is 2.26. The van der Waals surface area contributed by atoms with Crippen LogP contribution in [0, 0.1) is 0 Å². The van der Waals surface area contributed by atoms with Crippen LogP contribution in [0.5, 0.6) is 0 Å². The molecule has 0 bridgehead atoms. The SMILES string of the molecule is CS[C@H]1C[C@@H](C(=O)N2CC[C@H](NCOCN=C(C)N)C2)N(C)C1. The number of rotatable bonds is 7. The number of likely N-dealkylation sites (N-methyl/N-ethyl adjacent to an activating group) is 1. The van der Waals surface area contributed by atoms with Gasteiger partial charge in [-0.15, -0.1) is 0 Å². The number of nitrogens with one attached hydrogen (secondary N) is 1. The molecule has 0 aromatic heterocycles. The second kappa shape index (κ2) is 8.86. The van der Waals surface area contributed by atoms with Crippen molar-refractivity contribution in [3.63, 3.8) is 0 Å². The Balaban J connectivity index is 1.70. The first kappa shape index (κ1) is 18.5. The van der Waals surface area contributed by atoms with E-state index in [9.17, 15) is 4.79 Å². The summed E-state index contributed by atoms with van der Waals surface area (Å²) in [5, 5.41) is 3.89. The highest BCUT2D eigenvalue weighted by atomic mass is 32.2. The summed E-state index contributed by atoms with van der Waals surface area (Å²) < 4.78 is 5.35. The van der Waals surface area contributed by atoms with Gasteiger partial charge in [0.25, 0.3) is 0 Å². The molecule has 0 aromatic rings. The van der Waals surface area contributed by atoms with Crippen molar-refractivity contribution in [1.29, 1.82) is 0 Å². The maximum Gasteiger partial charge on any atom is 0.240 e. The number of aliphatic imine (C=N–C) groups is 1. The molecule has 2 heterocycles. The van der Waals surface area contributed by atoms with Gasteiger partial charge in [-0.2, -0.15) is 11.8 Å². The lowest BCUT2D eigenvalue weighted by Gasteiger charge is -2.25. The van der Waals surface area contributed by atoms with Crippen LogP contribution in [0.3, 0.4) is 0 Å². The minimum absolute atomic E-state index is 0.0457. The van der Waals surface area contributed by atoms with Crippen LogP contribution in [0.2, 0.25) is 0 Å². The van der Waals surface area contributed by atoms with Gasteiger partial charge in [0.05, 0.1) is 18.6 Å². The summed E-state index contributed by atoms with van der Waals surface area (Å²) in [6.45, 7) is 5.02. The Morgan fingerprint density at radius 1 is 1.48 bits per heavy atom. The summed E-state index contributed by atoms with van der Waals surface area (Å²) in [5.41, 5.74) is 5.44. The van der Waals surface area contributed by atoms with E-state index in [4.69, 9.17) is 10.5 Å². The lowest BCUT2D eigenvalue weighted by molar-refractivity contribution is -0.134. The molecule has 2 saturated heterocycles. The number of amidine groups is 1. The van der Waals surface area contributed by atoms with Crippen LogP contribution in [0.4, 0.5) is 0 Å². The van der Waals surface area contributed by atoms with E-state index in [1.54, 1.807) is 6.92 Å². The van der Waals surface area contributed by atoms with Crippen LogP contribution in [0.1, 0.15) is 19.8 Å². The average Bonchev–Trinajstić information content (AvgIpc) is 3.12. The van der Waals surface area contributed by atoms with Gasteiger partial charge in [0.2, 0.25) is 5.91 Å². The zero-order chi connectivity index (χ0) is 16.8. The fourth-order valence-electron chi connectivity index (χ4n) is 3.12. The van der Waals surface area contributed by atoms with Crippen LogP contribution in [0.15, 0.2) is 4.99 Å². The zero-order valence-corrected chi connectivity index (χ0v) is 15.1. The Labute approximate surface area is 143 Å². The first-order valence-corrected chi connectivity index (χ1v) is 9.39. The van der Waals surface area contributed by atoms with Crippen molar-refractivity contribution in [2.24, 2.45) is 10.7 Å². The molecule has 23 heavy (non-hydrogen) atoms. The third-order valence-electron chi connectivity index (χ3n) is 4.51. The second-order valence-electron chi connectivity index (χ2n) is 6.30. The van der Waals surface area contributed by atoms with Gasteiger partial charge in [0.1, 0.15) is 6.73 Å². The van der Waals surface area contributed by atoms with Crippen LogP contribution in [-0.2, 0) is 9.53 Å². The maximum atomic E-state index is 12.7. The van der Waals surface area contributed by atoms with E-state index in [0.717, 1.165) is 32.5 Å². The smallest absolute Gasteiger partial charge is 0.240 e. The Morgan fingerprint density at radius 2 is 2.26 bits per heavy atom. The van der Waals surface area contributed by atoms with E-state index in [0.29, 0.717) is 23.9 Å². The molecule has 0 aromatic carbocycles. The molecule has 8 heteroatoms. The van der Waals surface area contributed by atoms with Gasteiger partial charge in [-0.05, 0) is 33.1 Å². The Morgan fingerprint density at radius 3 is 2.91 bits per heavy atom. The molecule has 3 atom stereocenters. The lowest BCUT2D eigenvalue weighted by atomic mass is 10.2. The molecule has 2 rings (SSSR count). The topological polar surface area (TPSA) is 83.2 Å². The summed E-state index contributed by atoms with van der Waals surface area (Å²) in [6, 6.07) is 0.342. The van der Waals surface area contributed by atoms with Gasteiger partial charge in [0.15, 0.2) is 0 Å². The Bertz CT molecular complexity index is 430. The summed E-state index contributed by atoms with van der Waals surface area (Å²) in [7, 11) is 2.05. The van der Waals surface area contributed by atoms with Crippen molar-refractivity contribution in [2.75, 3.05) is 46.4 Å². The van der Waals surface area contributed by atoms with E-state index >= 15 is 0 Å². The number of thioether (sulfide) groups is 1. The number of nitrogens with zero attached hydrogens (tertiary/aromatic N) is 3. The first-order chi connectivity index (χ1) is 11.0. The number of ether oxygens (including phenoxy) is 1. The molecule has 132 valence electrons. The largest absolute Gasteiger partial charge is 0.388 e. The lowest BCUT2D eigenvalue weighted by Crippen LogP contribution is -2.44. The van der Waals surface area contributed by atoms with Gasteiger partial charge < -0.3 is 15.4 Å². The third-order valence-corrected chi connectivity index (χ3v) is 5.52. The number of carbonyl (C=O) groups is 1. The van der Waals surface area contributed by atoms with Crippen molar-refractivity contribution in [3.8, 4) is 0 Å². The first-order valence-electron chi connectivity index (χ1n) is 8.10. The highest BCUT2D eigenvalue weighted by Gasteiger charge is 2.38. The Kier molecular flexibility index (Phi) is 7.13. The summed E-state index contributed by atoms with van der Waals surface area (Å²) in [6.07, 6.45) is 4.05. The molecular formula is C15H29N5O2S. The molecule has 1 amide bonds. The number of nitrogens with two attached hydrogens (primary N) is 1. The molecule has 0 unspecified atom stereocenters. The highest BCUT2D eigenvalue weighted by molar-refractivity contribution is 7.99. The molecule has 0 aliphatic carbocycles.